The second kappa shape index (κ2) is 7.55. The summed E-state index contributed by atoms with van der Waals surface area (Å²) in [5, 5.41) is 2.65. The third-order valence-electron chi connectivity index (χ3n) is 2.62. The zero-order chi connectivity index (χ0) is 13.7. The van der Waals surface area contributed by atoms with Gasteiger partial charge in [0.2, 0.25) is 0 Å². The van der Waals surface area contributed by atoms with Gasteiger partial charge in [-0.05, 0) is 30.2 Å². The van der Waals surface area contributed by atoms with Crippen molar-refractivity contribution in [2.75, 3.05) is 6.54 Å². The highest BCUT2D eigenvalue weighted by Crippen LogP contribution is 2.09. The van der Waals surface area contributed by atoms with Gasteiger partial charge in [-0.3, -0.25) is 9.78 Å². The summed E-state index contributed by atoms with van der Waals surface area (Å²) in [5.41, 5.74) is 0.815. The number of amides is 1. The van der Waals surface area contributed by atoms with E-state index in [2.05, 4.69) is 10.3 Å². The van der Waals surface area contributed by atoms with Gasteiger partial charge in [-0.15, -0.1) is 12.4 Å². The summed E-state index contributed by atoms with van der Waals surface area (Å²) in [5.74, 6) is -1.48. The zero-order valence-electron chi connectivity index (χ0n) is 10.5. The van der Waals surface area contributed by atoms with Crippen molar-refractivity contribution in [2.24, 2.45) is 0 Å². The Kier molecular flexibility index (Phi) is 6.06. The molecule has 1 aromatic carbocycles. The fourth-order valence-electron chi connectivity index (χ4n) is 1.63. The molecule has 0 aliphatic carbocycles. The number of benzene rings is 1. The standard InChI is InChI=1S/C14H12F2N2O.ClH/c15-12-4-3-10(13(16)8-12)5-7-18-14(19)11-2-1-6-17-9-11;/h1-4,6,8-9H,5,7H2,(H,18,19);1H. The Labute approximate surface area is 121 Å². The van der Waals surface area contributed by atoms with Crippen LogP contribution in [-0.2, 0) is 6.42 Å². The van der Waals surface area contributed by atoms with E-state index in [-0.39, 0.29) is 24.9 Å². The van der Waals surface area contributed by atoms with E-state index >= 15 is 0 Å². The third-order valence-corrected chi connectivity index (χ3v) is 2.62. The zero-order valence-corrected chi connectivity index (χ0v) is 11.3. The molecule has 20 heavy (non-hydrogen) atoms. The monoisotopic (exact) mass is 298 g/mol. The largest absolute Gasteiger partial charge is 0.352 e. The minimum Gasteiger partial charge on any atom is -0.352 e. The van der Waals surface area contributed by atoms with Crippen molar-refractivity contribution in [3.05, 3.63) is 65.5 Å². The van der Waals surface area contributed by atoms with Crippen molar-refractivity contribution in [1.82, 2.24) is 10.3 Å². The maximum Gasteiger partial charge on any atom is 0.252 e. The molecule has 2 rings (SSSR count). The molecule has 0 aliphatic heterocycles. The molecule has 0 saturated carbocycles. The smallest absolute Gasteiger partial charge is 0.252 e. The first-order valence-corrected chi connectivity index (χ1v) is 5.79. The van der Waals surface area contributed by atoms with E-state index in [0.717, 1.165) is 6.07 Å². The van der Waals surface area contributed by atoms with E-state index in [1.165, 1.54) is 18.3 Å². The normalized spacial score (nSPS) is 9.70. The minimum atomic E-state index is -0.611. The van der Waals surface area contributed by atoms with E-state index in [0.29, 0.717) is 17.5 Å². The number of rotatable bonds is 4. The Hall–Kier alpha value is -2.01. The first-order chi connectivity index (χ1) is 9.16. The molecular weight excluding hydrogens is 286 g/mol. The summed E-state index contributed by atoms with van der Waals surface area (Å²) < 4.78 is 26.0. The fraction of sp³-hybridized carbons (Fsp3) is 0.143. The molecule has 3 nitrogen and oxygen atoms in total. The van der Waals surface area contributed by atoms with Crippen LogP contribution in [0.15, 0.2) is 42.7 Å². The lowest BCUT2D eigenvalue weighted by Gasteiger charge is -2.06. The minimum absolute atomic E-state index is 0. The Morgan fingerprint density at radius 3 is 2.70 bits per heavy atom. The summed E-state index contributed by atoms with van der Waals surface area (Å²) in [6, 6.07) is 6.70. The van der Waals surface area contributed by atoms with Gasteiger partial charge in [0.15, 0.2) is 0 Å². The van der Waals surface area contributed by atoms with Gasteiger partial charge in [-0.1, -0.05) is 6.07 Å². The van der Waals surface area contributed by atoms with Gasteiger partial charge >= 0.3 is 0 Å². The number of halogens is 3. The lowest BCUT2D eigenvalue weighted by molar-refractivity contribution is 0.0953. The lowest BCUT2D eigenvalue weighted by atomic mass is 10.1. The second-order valence-corrected chi connectivity index (χ2v) is 3.98. The number of nitrogens with zero attached hydrogens (tertiary/aromatic N) is 1. The molecule has 1 amide bonds. The molecule has 106 valence electrons. The number of carbonyl (C=O) groups is 1. The van der Waals surface area contributed by atoms with Crippen molar-refractivity contribution >= 4 is 18.3 Å². The Balaban J connectivity index is 0.00000200. The molecule has 0 aliphatic rings. The van der Waals surface area contributed by atoms with Crippen LogP contribution >= 0.6 is 12.4 Å². The highest BCUT2D eigenvalue weighted by Gasteiger charge is 2.06. The van der Waals surface area contributed by atoms with Gasteiger partial charge < -0.3 is 5.32 Å². The van der Waals surface area contributed by atoms with Gasteiger partial charge in [-0.2, -0.15) is 0 Å². The number of hydrogen-bond donors (Lipinski definition) is 1. The summed E-state index contributed by atoms with van der Waals surface area (Å²) in [4.78, 5) is 15.5. The molecule has 1 heterocycles. The first-order valence-electron chi connectivity index (χ1n) is 5.79. The molecule has 6 heteroatoms. The molecule has 0 fully saturated rings. The van der Waals surface area contributed by atoms with Crippen LogP contribution in [0.3, 0.4) is 0 Å². The number of aromatic nitrogens is 1. The van der Waals surface area contributed by atoms with Crippen LogP contribution in [0.2, 0.25) is 0 Å². The van der Waals surface area contributed by atoms with E-state index < -0.39 is 11.6 Å². The van der Waals surface area contributed by atoms with Crippen LogP contribution in [0.1, 0.15) is 15.9 Å². The summed E-state index contributed by atoms with van der Waals surface area (Å²) >= 11 is 0. The number of nitrogens with one attached hydrogen (secondary N) is 1. The summed E-state index contributed by atoms with van der Waals surface area (Å²) in [7, 11) is 0. The summed E-state index contributed by atoms with van der Waals surface area (Å²) in [6.07, 6.45) is 3.33. The highest BCUT2D eigenvalue weighted by atomic mass is 35.5. The molecule has 0 radical (unpaired) electrons. The lowest BCUT2D eigenvalue weighted by Crippen LogP contribution is -2.25. The predicted octanol–water partition coefficient (Wildman–Crippen LogP) is 2.75. The van der Waals surface area contributed by atoms with Crippen LogP contribution in [-0.4, -0.2) is 17.4 Å². The van der Waals surface area contributed by atoms with E-state index in [9.17, 15) is 13.6 Å². The second-order valence-electron chi connectivity index (χ2n) is 3.98. The van der Waals surface area contributed by atoms with Crippen LogP contribution in [0.5, 0.6) is 0 Å². The maximum absolute atomic E-state index is 13.3. The Bertz CT molecular complexity index is 579. The summed E-state index contributed by atoms with van der Waals surface area (Å²) in [6.45, 7) is 0.274. The SMILES string of the molecule is Cl.O=C(NCCc1ccc(F)cc1F)c1cccnc1. The van der Waals surface area contributed by atoms with Crippen molar-refractivity contribution in [2.45, 2.75) is 6.42 Å². The molecule has 1 N–H and O–H groups in total. The van der Waals surface area contributed by atoms with E-state index in [1.807, 2.05) is 0 Å². The van der Waals surface area contributed by atoms with Crippen molar-refractivity contribution in [3.63, 3.8) is 0 Å². The average Bonchev–Trinajstić information content (AvgIpc) is 2.42. The van der Waals surface area contributed by atoms with Crippen molar-refractivity contribution in [1.29, 1.82) is 0 Å². The number of hydrogen-bond acceptors (Lipinski definition) is 2. The van der Waals surface area contributed by atoms with Crippen LogP contribution < -0.4 is 5.32 Å². The quantitative estimate of drug-likeness (QED) is 0.943. The molecule has 0 bridgehead atoms. The predicted molar refractivity (Wildman–Crippen MR) is 73.9 cm³/mol. The molecule has 0 saturated heterocycles. The Morgan fingerprint density at radius 1 is 1.25 bits per heavy atom. The Morgan fingerprint density at radius 2 is 2.05 bits per heavy atom. The molecule has 0 unspecified atom stereocenters. The topological polar surface area (TPSA) is 42.0 Å². The average molecular weight is 299 g/mol. The fourth-order valence-corrected chi connectivity index (χ4v) is 1.63. The van der Waals surface area contributed by atoms with Crippen molar-refractivity contribution in [3.8, 4) is 0 Å². The van der Waals surface area contributed by atoms with Gasteiger partial charge in [0.25, 0.3) is 5.91 Å². The highest BCUT2D eigenvalue weighted by molar-refractivity contribution is 5.93. The number of pyridine rings is 1. The third kappa shape index (κ3) is 4.28. The van der Waals surface area contributed by atoms with Gasteiger partial charge in [-0.25, -0.2) is 8.78 Å². The first kappa shape index (κ1) is 16.0. The molecule has 0 atom stereocenters. The van der Waals surface area contributed by atoms with E-state index in [4.69, 9.17) is 0 Å². The maximum atomic E-state index is 13.3. The van der Waals surface area contributed by atoms with Gasteiger partial charge in [0.05, 0.1) is 5.56 Å². The van der Waals surface area contributed by atoms with Crippen molar-refractivity contribution < 1.29 is 13.6 Å². The molecule has 2 aromatic rings. The molecule has 1 aromatic heterocycles. The molecular formula is C14H13ClF2N2O. The van der Waals surface area contributed by atoms with Gasteiger partial charge in [0, 0.05) is 25.0 Å². The van der Waals surface area contributed by atoms with Crippen LogP contribution in [0.25, 0.3) is 0 Å². The van der Waals surface area contributed by atoms with Gasteiger partial charge in [0.1, 0.15) is 11.6 Å². The number of carbonyl (C=O) groups excluding carboxylic acids is 1. The van der Waals surface area contributed by atoms with Crippen LogP contribution in [0, 0.1) is 11.6 Å². The van der Waals surface area contributed by atoms with E-state index in [1.54, 1.807) is 18.3 Å². The molecule has 0 spiro atoms. The van der Waals surface area contributed by atoms with Crippen LogP contribution in [0.4, 0.5) is 8.78 Å².